The van der Waals surface area contributed by atoms with Crippen molar-refractivity contribution in [3.63, 3.8) is 0 Å². The Labute approximate surface area is 212 Å². The monoisotopic (exact) mass is 461 g/mol. The van der Waals surface area contributed by atoms with Crippen molar-refractivity contribution < 1.29 is 0 Å². The molecule has 0 N–H and O–H groups in total. The molecule has 0 saturated heterocycles. The van der Waals surface area contributed by atoms with Crippen molar-refractivity contribution in [1.29, 1.82) is 5.26 Å². The maximum Gasteiger partial charge on any atom is 0.0947 e. The number of nitrogens with zero attached hydrogens (tertiary/aromatic N) is 1. The van der Waals surface area contributed by atoms with Crippen LogP contribution >= 0.6 is 0 Å². The SMILES string of the molecule is CC.CC.CCCC(C/C=C(\C)C1CCCC1)C(CC)c1ccc(C2=CCCC(C#N)=C2)cc1. The lowest BCUT2D eigenvalue weighted by molar-refractivity contribution is 0.383. The van der Waals surface area contributed by atoms with Crippen LogP contribution in [0.15, 0.2) is 53.6 Å². The predicted molar refractivity (Wildman–Crippen MR) is 152 cm³/mol. The van der Waals surface area contributed by atoms with E-state index in [2.05, 4.69) is 69.3 Å². The van der Waals surface area contributed by atoms with E-state index in [1.807, 2.05) is 27.7 Å². The standard InChI is InChI=1S/C29H39N.2C2H6/c1-4-9-26(15-14-22(3)24-11-6-7-12-24)29(5-2)27-18-16-25(17-19-27)28-13-8-10-23(20-28)21-30;2*1-2/h13-14,16-20,24,26,29H,4-12,15H2,1-3H3;2*1-2H3/b22-14+;;. The Morgan fingerprint density at radius 3 is 2.26 bits per heavy atom. The van der Waals surface area contributed by atoms with Gasteiger partial charge in [-0.2, -0.15) is 5.26 Å². The Bertz CT molecular complexity index is 809. The van der Waals surface area contributed by atoms with Gasteiger partial charge < -0.3 is 0 Å². The summed E-state index contributed by atoms with van der Waals surface area (Å²) >= 11 is 0. The van der Waals surface area contributed by atoms with Gasteiger partial charge in [0.25, 0.3) is 0 Å². The lowest BCUT2D eigenvalue weighted by Crippen LogP contribution is -2.12. The molecule has 34 heavy (non-hydrogen) atoms. The molecule has 2 atom stereocenters. The van der Waals surface area contributed by atoms with Gasteiger partial charge in [-0.15, -0.1) is 0 Å². The summed E-state index contributed by atoms with van der Waals surface area (Å²) in [7, 11) is 0. The second-order valence-electron chi connectivity index (χ2n) is 9.33. The molecule has 0 heterocycles. The van der Waals surface area contributed by atoms with E-state index >= 15 is 0 Å². The van der Waals surface area contributed by atoms with E-state index in [0.29, 0.717) is 5.92 Å². The molecule has 188 valence electrons. The molecule has 0 amide bonds. The van der Waals surface area contributed by atoms with E-state index in [4.69, 9.17) is 0 Å². The zero-order valence-electron chi connectivity index (χ0n) is 23.3. The molecule has 1 aromatic carbocycles. The van der Waals surface area contributed by atoms with Crippen molar-refractivity contribution in [2.45, 2.75) is 119 Å². The van der Waals surface area contributed by atoms with Crippen LogP contribution in [0.5, 0.6) is 0 Å². The molecule has 1 nitrogen and oxygen atoms in total. The Morgan fingerprint density at radius 1 is 1.06 bits per heavy atom. The van der Waals surface area contributed by atoms with E-state index < -0.39 is 0 Å². The Balaban J connectivity index is 0.00000137. The van der Waals surface area contributed by atoms with Crippen LogP contribution in [0.1, 0.15) is 130 Å². The van der Waals surface area contributed by atoms with Crippen molar-refractivity contribution in [2.24, 2.45) is 11.8 Å². The van der Waals surface area contributed by atoms with E-state index in [1.165, 1.54) is 68.1 Å². The fourth-order valence-electron chi connectivity index (χ4n) is 5.49. The lowest BCUT2D eigenvalue weighted by atomic mass is 9.78. The quantitative estimate of drug-likeness (QED) is 0.335. The highest BCUT2D eigenvalue weighted by Gasteiger charge is 2.22. The van der Waals surface area contributed by atoms with Crippen molar-refractivity contribution >= 4 is 5.57 Å². The highest BCUT2D eigenvalue weighted by Crippen LogP contribution is 2.37. The smallest absolute Gasteiger partial charge is 0.0947 e. The summed E-state index contributed by atoms with van der Waals surface area (Å²) in [6, 6.07) is 11.5. The highest BCUT2D eigenvalue weighted by molar-refractivity contribution is 5.76. The van der Waals surface area contributed by atoms with Gasteiger partial charge in [-0.1, -0.05) is 103 Å². The van der Waals surface area contributed by atoms with E-state index in [9.17, 15) is 5.26 Å². The zero-order chi connectivity index (χ0) is 25.3. The molecule has 0 radical (unpaired) electrons. The van der Waals surface area contributed by atoms with Crippen molar-refractivity contribution in [3.05, 3.63) is 64.8 Å². The average molecular weight is 462 g/mol. The predicted octanol–water partition coefficient (Wildman–Crippen LogP) is 10.8. The van der Waals surface area contributed by atoms with Gasteiger partial charge in [0.1, 0.15) is 0 Å². The molecule has 0 spiro atoms. The largest absolute Gasteiger partial charge is 0.193 e. The van der Waals surface area contributed by atoms with E-state index in [1.54, 1.807) is 5.57 Å². The fraction of sp³-hybridized carbons (Fsp3) is 0.606. The van der Waals surface area contributed by atoms with Crippen LogP contribution in [0, 0.1) is 23.2 Å². The summed E-state index contributed by atoms with van der Waals surface area (Å²) in [5, 5.41) is 9.22. The third-order valence-corrected chi connectivity index (χ3v) is 7.33. The second-order valence-corrected chi connectivity index (χ2v) is 9.33. The number of hydrogen-bond acceptors (Lipinski definition) is 1. The minimum atomic E-state index is 0.622. The van der Waals surface area contributed by atoms with Gasteiger partial charge in [0.15, 0.2) is 0 Å². The lowest BCUT2D eigenvalue weighted by Gasteiger charge is -2.26. The van der Waals surface area contributed by atoms with Gasteiger partial charge in [-0.3, -0.25) is 0 Å². The minimum Gasteiger partial charge on any atom is -0.193 e. The Morgan fingerprint density at radius 2 is 1.71 bits per heavy atom. The molecule has 3 rings (SSSR count). The molecule has 1 aromatic rings. The zero-order valence-corrected chi connectivity index (χ0v) is 23.3. The van der Waals surface area contributed by atoms with Crippen LogP contribution in [0.25, 0.3) is 5.57 Å². The Kier molecular flexibility index (Phi) is 15.3. The molecule has 2 aliphatic rings. The fourth-order valence-corrected chi connectivity index (χ4v) is 5.49. The number of allylic oxidation sites excluding steroid dienone is 6. The molecule has 2 unspecified atom stereocenters. The molecule has 0 aliphatic heterocycles. The third-order valence-electron chi connectivity index (χ3n) is 7.33. The van der Waals surface area contributed by atoms with Gasteiger partial charge in [0.2, 0.25) is 0 Å². The molecule has 0 bridgehead atoms. The third kappa shape index (κ3) is 8.94. The van der Waals surface area contributed by atoms with E-state index in [0.717, 1.165) is 30.3 Å². The summed E-state index contributed by atoms with van der Waals surface area (Å²) in [5.41, 5.74) is 6.47. The first kappa shape index (κ1) is 30.0. The van der Waals surface area contributed by atoms with Gasteiger partial charge in [-0.05, 0) is 92.4 Å². The summed E-state index contributed by atoms with van der Waals surface area (Å²) < 4.78 is 0. The van der Waals surface area contributed by atoms with Crippen LogP contribution in [0.4, 0.5) is 0 Å². The highest BCUT2D eigenvalue weighted by atomic mass is 14.3. The topological polar surface area (TPSA) is 23.8 Å². The van der Waals surface area contributed by atoms with Crippen LogP contribution in [-0.4, -0.2) is 0 Å². The summed E-state index contributed by atoms with van der Waals surface area (Å²) in [6.45, 7) is 15.0. The minimum absolute atomic E-state index is 0.622. The first-order valence-electron chi connectivity index (χ1n) is 14.2. The van der Waals surface area contributed by atoms with Gasteiger partial charge >= 0.3 is 0 Å². The maximum absolute atomic E-state index is 9.22. The van der Waals surface area contributed by atoms with Gasteiger partial charge in [-0.25, -0.2) is 0 Å². The van der Waals surface area contributed by atoms with Gasteiger partial charge in [0, 0.05) is 5.57 Å². The number of hydrogen-bond donors (Lipinski definition) is 0. The van der Waals surface area contributed by atoms with Crippen LogP contribution in [0.2, 0.25) is 0 Å². The average Bonchev–Trinajstić information content (AvgIpc) is 3.45. The number of rotatable bonds is 9. The summed E-state index contributed by atoms with van der Waals surface area (Å²) in [5.74, 6) is 2.19. The van der Waals surface area contributed by atoms with Crippen molar-refractivity contribution in [3.8, 4) is 6.07 Å². The molecule has 1 heteroatoms. The number of benzene rings is 1. The van der Waals surface area contributed by atoms with Crippen molar-refractivity contribution in [1.82, 2.24) is 0 Å². The van der Waals surface area contributed by atoms with Crippen LogP contribution in [-0.2, 0) is 0 Å². The first-order valence-corrected chi connectivity index (χ1v) is 14.2. The molecule has 2 aliphatic carbocycles. The molecular formula is C33H51N. The molecule has 1 fully saturated rings. The first-order chi connectivity index (χ1) is 16.7. The van der Waals surface area contributed by atoms with E-state index in [-0.39, 0.29) is 0 Å². The molecule has 1 saturated carbocycles. The molecule has 0 aromatic heterocycles. The summed E-state index contributed by atoms with van der Waals surface area (Å²) in [6.07, 6.45) is 19.4. The van der Waals surface area contributed by atoms with Gasteiger partial charge in [0.05, 0.1) is 6.07 Å². The normalized spacial score (nSPS) is 17.8. The summed E-state index contributed by atoms with van der Waals surface area (Å²) in [4.78, 5) is 0. The van der Waals surface area contributed by atoms with Crippen molar-refractivity contribution in [2.75, 3.05) is 0 Å². The second kappa shape index (κ2) is 17.4. The molecular weight excluding hydrogens is 410 g/mol. The number of nitriles is 1. The van der Waals surface area contributed by atoms with Crippen LogP contribution < -0.4 is 0 Å². The maximum atomic E-state index is 9.22. The Hall–Kier alpha value is -2.07. The van der Waals surface area contributed by atoms with Crippen LogP contribution in [0.3, 0.4) is 0 Å².